The highest BCUT2D eigenvalue weighted by atomic mass is 32.2. The van der Waals surface area contributed by atoms with Crippen LogP contribution in [0.25, 0.3) is 17.0 Å². The first-order chi connectivity index (χ1) is 11.4. The lowest BCUT2D eigenvalue weighted by molar-refractivity contribution is 0.585. The van der Waals surface area contributed by atoms with Crippen LogP contribution < -0.4 is 10.6 Å². The van der Waals surface area contributed by atoms with E-state index in [1.807, 2.05) is 36.0 Å². The van der Waals surface area contributed by atoms with Gasteiger partial charge in [0, 0.05) is 42.3 Å². The van der Waals surface area contributed by atoms with Gasteiger partial charge in [0.25, 0.3) is 5.78 Å². The summed E-state index contributed by atoms with van der Waals surface area (Å²) >= 11 is 1.99. The van der Waals surface area contributed by atoms with Crippen LogP contribution in [-0.2, 0) is 0 Å². The van der Waals surface area contributed by atoms with E-state index in [1.54, 1.807) is 4.52 Å². The van der Waals surface area contributed by atoms with Crippen LogP contribution in [0.1, 0.15) is 0 Å². The molecule has 0 bridgehead atoms. The van der Waals surface area contributed by atoms with E-state index in [0.717, 1.165) is 35.9 Å². The van der Waals surface area contributed by atoms with E-state index in [-0.39, 0.29) is 0 Å². The summed E-state index contributed by atoms with van der Waals surface area (Å²) in [7, 11) is 0. The van der Waals surface area contributed by atoms with Crippen LogP contribution in [0, 0.1) is 0 Å². The first kappa shape index (κ1) is 14.5. The number of anilines is 1. The fourth-order valence-electron chi connectivity index (χ4n) is 2.67. The highest BCUT2D eigenvalue weighted by Crippen LogP contribution is 2.21. The number of fused-ring (bicyclic) bond motifs is 1. The molecule has 0 radical (unpaired) electrons. The van der Waals surface area contributed by atoms with Crippen LogP contribution in [0.15, 0.2) is 42.7 Å². The molecule has 3 heterocycles. The van der Waals surface area contributed by atoms with Crippen molar-refractivity contribution in [3.05, 3.63) is 42.7 Å². The first-order valence-electron chi connectivity index (χ1n) is 7.71. The minimum atomic E-state index is 0.473. The molecule has 2 aromatic heterocycles. The van der Waals surface area contributed by atoms with E-state index in [0.29, 0.717) is 11.8 Å². The number of rotatable bonds is 4. The Bertz CT molecular complexity index is 782. The van der Waals surface area contributed by atoms with Crippen LogP contribution in [-0.4, -0.2) is 50.2 Å². The lowest BCUT2D eigenvalue weighted by Crippen LogP contribution is -2.42. The van der Waals surface area contributed by atoms with Gasteiger partial charge in [-0.3, -0.25) is 0 Å². The fourth-order valence-corrected chi connectivity index (χ4v) is 3.62. The summed E-state index contributed by atoms with van der Waals surface area (Å²) in [5.41, 5.74) is 1.98. The summed E-state index contributed by atoms with van der Waals surface area (Å²) in [5, 5.41) is 11.3. The maximum atomic E-state index is 4.59. The number of benzene rings is 1. The summed E-state index contributed by atoms with van der Waals surface area (Å²) in [6, 6.07) is 12.7. The average molecular weight is 326 g/mol. The minimum Gasteiger partial charge on any atom is -0.368 e. The topological polar surface area (TPSA) is 67.1 Å². The number of thioether (sulfide) groups is 1. The first-order valence-corrected chi connectivity index (χ1v) is 8.87. The molecule has 2 N–H and O–H groups in total. The number of aromatic nitrogens is 4. The van der Waals surface area contributed by atoms with Crippen molar-refractivity contribution in [3.8, 4) is 11.3 Å². The Kier molecular flexibility index (Phi) is 4.12. The minimum absolute atomic E-state index is 0.473. The van der Waals surface area contributed by atoms with E-state index in [4.69, 9.17) is 0 Å². The second-order valence-electron chi connectivity index (χ2n) is 5.47. The van der Waals surface area contributed by atoms with E-state index < -0.39 is 0 Å². The molecule has 118 valence electrons. The molecule has 1 unspecified atom stereocenters. The van der Waals surface area contributed by atoms with Gasteiger partial charge in [-0.05, 0) is 0 Å². The third-order valence-corrected chi connectivity index (χ3v) is 4.98. The predicted octanol–water partition coefficient (Wildman–Crippen LogP) is 1.91. The maximum Gasteiger partial charge on any atom is 0.254 e. The van der Waals surface area contributed by atoms with E-state index in [9.17, 15) is 0 Å². The van der Waals surface area contributed by atoms with Gasteiger partial charge in [-0.25, -0.2) is 4.98 Å². The van der Waals surface area contributed by atoms with Crippen molar-refractivity contribution in [3.63, 3.8) is 0 Å². The molecule has 0 aliphatic carbocycles. The molecule has 0 spiro atoms. The molecule has 1 aliphatic rings. The Morgan fingerprint density at radius 1 is 1.30 bits per heavy atom. The number of hydrogen-bond acceptors (Lipinski definition) is 6. The lowest BCUT2D eigenvalue weighted by atomic mass is 10.1. The molecule has 1 atom stereocenters. The monoisotopic (exact) mass is 326 g/mol. The van der Waals surface area contributed by atoms with Crippen molar-refractivity contribution in [2.45, 2.75) is 6.04 Å². The van der Waals surface area contributed by atoms with Gasteiger partial charge >= 0.3 is 0 Å². The lowest BCUT2D eigenvalue weighted by Gasteiger charge is -2.23. The van der Waals surface area contributed by atoms with Gasteiger partial charge in [-0.15, -0.1) is 0 Å². The molecule has 0 amide bonds. The molecule has 1 aromatic carbocycles. The van der Waals surface area contributed by atoms with Crippen LogP contribution >= 0.6 is 11.8 Å². The standard InChI is InChI=1S/C16H18N6S/c1-2-4-12(5-3-1)14-8-15(22-16(21-14)19-11-20-22)18-9-13-10-23-7-6-17-13/h1-5,8,11,13,17-18H,6-7,9-10H2. The summed E-state index contributed by atoms with van der Waals surface area (Å²) in [5.74, 6) is 3.85. The van der Waals surface area contributed by atoms with Crippen molar-refractivity contribution < 1.29 is 0 Å². The van der Waals surface area contributed by atoms with Gasteiger partial charge in [0.2, 0.25) is 0 Å². The van der Waals surface area contributed by atoms with E-state index in [2.05, 4.69) is 37.8 Å². The second kappa shape index (κ2) is 6.55. The Labute approximate surface area is 138 Å². The molecule has 1 aliphatic heterocycles. The molecule has 3 aromatic rings. The number of nitrogens with one attached hydrogen (secondary N) is 2. The SMILES string of the molecule is c1ccc(-c2cc(NCC3CSCCN3)n3ncnc3n2)cc1. The van der Waals surface area contributed by atoms with Crippen LogP contribution in [0.4, 0.5) is 5.82 Å². The fraction of sp³-hybridized carbons (Fsp3) is 0.312. The van der Waals surface area contributed by atoms with Crippen LogP contribution in [0.5, 0.6) is 0 Å². The number of nitrogens with zero attached hydrogens (tertiary/aromatic N) is 4. The molecule has 0 saturated carbocycles. The molecule has 23 heavy (non-hydrogen) atoms. The van der Waals surface area contributed by atoms with Crippen molar-refractivity contribution in [2.24, 2.45) is 0 Å². The zero-order valence-electron chi connectivity index (χ0n) is 12.6. The zero-order chi connectivity index (χ0) is 15.5. The molecular weight excluding hydrogens is 308 g/mol. The largest absolute Gasteiger partial charge is 0.368 e. The molecule has 6 nitrogen and oxygen atoms in total. The summed E-state index contributed by atoms with van der Waals surface area (Å²) in [6.07, 6.45) is 1.54. The Hall–Kier alpha value is -2.12. The average Bonchev–Trinajstić information content (AvgIpc) is 3.10. The highest BCUT2D eigenvalue weighted by molar-refractivity contribution is 7.99. The normalized spacial score (nSPS) is 18.2. The van der Waals surface area contributed by atoms with Crippen molar-refractivity contribution >= 4 is 23.4 Å². The van der Waals surface area contributed by atoms with E-state index >= 15 is 0 Å². The molecule has 1 saturated heterocycles. The Balaban J connectivity index is 1.63. The quantitative estimate of drug-likeness (QED) is 0.763. The smallest absolute Gasteiger partial charge is 0.254 e. The second-order valence-corrected chi connectivity index (χ2v) is 6.62. The van der Waals surface area contributed by atoms with Gasteiger partial charge in [-0.1, -0.05) is 30.3 Å². The summed E-state index contributed by atoms with van der Waals surface area (Å²) < 4.78 is 1.75. The van der Waals surface area contributed by atoms with Gasteiger partial charge in [-0.2, -0.15) is 26.4 Å². The van der Waals surface area contributed by atoms with Gasteiger partial charge in [0.15, 0.2) is 0 Å². The van der Waals surface area contributed by atoms with Gasteiger partial charge < -0.3 is 10.6 Å². The molecular formula is C16H18N6S. The Morgan fingerprint density at radius 2 is 2.22 bits per heavy atom. The Morgan fingerprint density at radius 3 is 3.04 bits per heavy atom. The van der Waals surface area contributed by atoms with Crippen molar-refractivity contribution in [1.29, 1.82) is 0 Å². The van der Waals surface area contributed by atoms with Crippen LogP contribution in [0.2, 0.25) is 0 Å². The third-order valence-electron chi connectivity index (χ3n) is 3.85. The molecule has 1 fully saturated rings. The molecule has 7 heteroatoms. The van der Waals surface area contributed by atoms with Gasteiger partial charge in [0.1, 0.15) is 12.1 Å². The predicted molar refractivity (Wildman–Crippen MR) is 93.8 cm³/mol. The third kappa shape index (κ3) is 3.16. The van der Waals surface area contributed by atoms with Crippen LogP contribution in [0.3, 0.4) is 0 Å². The number of hydrogen-bond donors (Lipinski definition) is 2. The summed E-state index contributed by atoms with van der Waals surface area (Å²) in [4.78, 5) is 8.83. The molecule has 4 rings (SSSR count). The zero-order valence-corrected chi connectivity index (χ0v) is 13.5. The highest BCUT2D eigenvalue weighted by Gasteiger charge is 2.14. The summed E-state index contributed by atoms with van der Waals surface area (Å²) in [6.45, 7) is 1.93. The van der Waals surface area contributed by atoms with Gasteiger partial charge in [0.05, 0.1) is 5.69 Å². The van der Waals surface area contributed by atoms with E-state index in [1.165, 1.54) is 12.1 Å². The van der Waals surface area contributed by atoms with Crippen molar-refractivity contribution in [2.75, 3.05) is 29.9 Å². The maximum absolute atomic E-state index is 4.59. The van der Waals surface area contributed by atoms with Crippen molar-refractivity contribution in [1.82, 2.24) is 24.9 Å².